The molecule has 0 unspecified atom stereocenters. The molecule has 1 amide bonds. The highest BCUT2D eigenvalue weighted by Gasteiger charge is 2.22. The number of piperazine rings is 1. The molecule has 2 rings (SSSR count). The molecule has 0 spiro atoms. The predicted molar refractivity (Wildman–Crippen MR) is 79.1 cm³/mol. The van der Waals surface area contributed by atoms with Gasteiger partial charge in [0.2, 0.25) is 0 Å². The van der Waals surface area contributed by atoms with Gasteiger partial charge in [-0.05, 0) is 46.9 Å². The summed E-state index contributed by atoms with van der Waals surface area (Å²) in [7, 11) is 0. The minimum absolute atomic E-state index is 0.0198. The van der Waals surface area contributed by atoms with Crippen molar-refractivity contribution in [2.24, 2.45) is 0 Å². The van der Waals surface area contributed by atoms with Crippen molar-refractivity contribution in [3.05, 3.63) is 33.4 Å². The van der Waals surface area contributed by atoms with Crippen LogP contribution in [0.25, 0.3) is 0 Å². The van der Waals surface area contributed by atoms with Crippen LogP contribution in [0.3, 0.4) is 0 Å². The molecule has 0 radical (unpaired) electrons. The Morgan fingerprint density at radius 1 is 1.11 bits per heavy atom. The largest absolute Gasteiger partial charge is 0.480 e. The fourth-order valence-corrected chi connectivity index (χ4v) is 2.43. The Morgan fingerprint density at radius 2 is 1.68 bits per heavy atom. The number of carboxylic acid groups (broad SMARTS) is 1. The average molecular weight is 374 g/mol. The van der Waals surface area contributed by atoms with Crippen molar-refractivity contribution in [3.63, 3.8) is 0 Å². The number of carboxylic acids is 1. The van der Waals surface area contributed by atoms with Crippen LogP contribution in [0.1, 0.15) is 10.4 Å². The number of hydrogen-bond donors (Lipinski definition) is 1. The highest BCUT2D eigenvalue weighted by Crippen LogP contribution is 2.11. The first-order valence-electron chi connectivity index (χ1n) is 6.05. The number of nitrogens with zero attached hydrogens (tertiary/aromatic N) is 2. The molecule has 0 aliphatic carbocycles. The van der Waals surface area contributed by atoms with Gasteiger partial charge >= 0.3 is 5.97 Å². The number of benzene rings is 1. The normalized spacial score (nSPS) is 16.4. The van der Waals surface area contributed by atoms with Crippen LogP contribution in [0.4, 0.5) is 0 Å². The van der Waals surface area contributed by atoms with E-state index in [1.807, 2.05) is 29.2 Å². The number of rotatable bonds is 3. The summed E-state index contributed by atoms with van der Waals surface area (Å²) < 4.78 is 1.10. The minimum Gasteiger partial charge on any atom is -0.480 e. The molecule has 6 heteroatoms. The third kappa shape index (κ3) is 3.90. The molecule has 1 N–H and O–H groups in total. The SMILES string of the molecule is O=C(O)CN1CCN(C(=O)c2ccc(I)cc2)CC1. The second-order valence-corrected chi connectivity index (χ2v) is 5.71. The highest BCUT2D eigenvalue weighted by atomic mass is 127. The van der Waals surface area contributed by atoms with Crippen LogP contribution in [0.2, 0.25) is 0 Å². The first-order valence-corrected chi connectivity index (χ1v) is 7.13. The standard InChI is InChI=1S/C13H15IN2O3/c14-11-3-1-10(2-4-11)13(19)16-7-5-15(6-8-16)9-12(17)18/h1-4H,5-9H2,(H,17,18). The zero-order valence-corrected chi connectivity index (χ0v) is 12.5. The summed E-state index contributed by atoms with van der Waals surface area (Å²) in [5.74, 6) is -0.802. The van der Waals surface area contributed by atoms with Crippen molar-refractivity contribution in [2.45, 2.75) is 0 Å². The van der Waals surface area contributed by atoms with E-state index in [1.54, 1.807) is 4.90 Å². The van der Waals surface area contributed by atoms with E-state index in [4.69, 9.17) is 5.11 Å². The van der Waals surface area contributed by atoms with Gasteiger partial charge in [0.05, 0.1) is 6.54 Å². The smallest absolute Gasteiger partial charge is 0.317 e. The van der Waals surface area contributed by atoms with Crippen LogP contribution in [-0.4, -0.2) is 59.5 Å². The third-order valence-corrected chi connectivity index (χ3v) is 3.83. The van der Waals surface area contributed by atoms with Crippen LogP contribution >= 0.6 is 22.6 Å². The second kappa shape index (κ2) is 6.33. The average Bonchev–Trinajstić information content (AvgIpc) is 2.39. The Labute approximate surface area is 125 Å². The molecule has 1 aromatic carbocycles. The lowest BCUT2D eigenvalue weighted by Gasteiger charge is -2.33. The van der Waals surface area contributed by atoms with Gasteiger partial charge in [-0.3, -0.25) is 14.5 Å². The van der Waals surface area contributed by atoms with Crippen LogP contribution in [-0.2, 0) is 4.79 Å². The monoisotopic (exact) mass is 374 g/mol. The molecule has 19 heavy (non-hydrogen) atoms. The maximum Gasteiger partial charge on any atom is 0.317 e. The van der Waals surface area contributed by atoms with E-state index in [2.05, 4.69) is 22.6 Å². The van der Waals surface area contributed by atoms with E-state index in [9.17, 15) is 9.59 Å². The number of aliphatic carboxylic acids is 1. The van der Waals surface area contributed by atoms with Gasteiger partial charge in [-0.2, -0.15) is 0 Å². The van der Waals surface area contributed by atoms with Gasteiger partial charge in [0.1, 0.15) is 0 Å². The van der Waals surface area contributed by atoms with E-state index in [0.29, 0.717) is 31.7 Å². The van der Waals surface area contributed by atoms with Gasteiger partial charge in [0, 0.05) is 35.3 Å². The van der Waals surface area contributed by atoms with E-state index < -0.39 is 5.97 Å². The van der Waals surface area contributed by atoms with Crippen LogP contribution in [0.15, 0.2) is 24.3 Å². The van der Waals surface area contributed by atoms with E-state index >= 15 is 0 Å². The summed E-state index contributed by atoms with van der Waals surface area (Å²) >= 11 is 2.20. The van der Waals surface area contributed by atoms with Gasteiger partial charge in [-0.1, -0.05) is 0 Å². The van der Waals surface area contributed by atoms with Gasteiger partial charge in [-0.15, -0.1) is 0 Å². The molecular formula is C13H15IN2O3. The molecule has 5 nitrogen and oxygen atoms in total. The first-order chi connectivity index (χ1) is 9.06. The molecule has 0 atom stereocenters. The third-order valence-electron chi connectivity index (χ3n) is 3.11. The van der Waals surface area contributed by atoms with Crippen LogP contribution < -0.4 is 0 Å². The predicted octanol–water partition coefficient (Wildman–Crippen LogP) is 1.13. The number of halogens is 1. The van der Waals surface area contributed by atoms with E-state index in [-0.39, 0.29) is 12.5 Å². The van der Waals surface area contributed by atoms with Gasteiger partial charge < -0.3 is 10.0 Å². The molecular weight excluding hydrogens is 359 g/mol. The van der Waals surface area contributed by atoms with Crippen molar-refractivity contribution < 1.29 is 14.7 Å². The van der Waals surface area contributed by atoms with Gasteiger partial charge in [0.25, 0.3) is 5.91 Å². The zero-order chi connectivity index (χ0) is 13.8. The quantitative estimate of drug-likeness (QED) is 0.807. The maximum absolute atomic E-state index is 12.2. The molecule has 1 saturated heterocycles. The Kier molecular flexibility index (Phi) is 4.76. The topological polar surface area (TPSA) is 60.9 Å². The van der Waals surface area contributed by atoms with E-state index in [1.165, 1.54) is 0 Å². The fraction of sp³-hybridized carbons (Fsp3) is 0.385. The zero-order valence-electron chi connectivity index (χ0n) is 10.4. The molecule has 1 heterocycles. The lowest BCUT2D eigenvalue weighted by Crippen LogP contribution is -2.49. The maximum atomic E-state index is 12.2. The number of carbonyl (C=O) groups excluding carboxylic acids is 1. The molecule has 1 aliphatic heterocycles. The Balaban J connectivity index is 1.92. The second-order valence-electron chi connectivity index (χ2n) is 4.47. The van der Waals surface area contributed by atoms with Crippen LogP contribution in [0.5, 0.6) is 0 Å². The fourth-order valence-electron chi connectivity index (χ4n) is 2.08. The molecule has 0 bridgehead atoms. The van der Waals surface area contributed by atoms with Gasteiger partial charge in [-0.25, -0.2) is 0 Å². The summed E-state index contributed by atoms with van der Waals surface area (Å²) in [5.41, 5.74) is 0.687. The number of amides is 1. The molecule has 102 valence electrons. The lowest BCUT2D eigenvalue weighted by molar-refractivity contribution is -0.138. The Hall–Kier alpha value is -1.15. The van der Waals surface area contributed by atoms with Crippen molar-refractivity contribution >= 4 is 34.5 Å². The summed E-state index contributed by atoms with van der Waals surface area (Å²) in [6.07, 6.45) is 0. The summed E-state index contributed by atoms with van der Waals surface area (Å²) in [6, 6.07) is 7.48. The van der Waals surface area contributed by atoms with Crippen molar-refractivity contribution in [1.82, 2.24) is 9.80 Å². The van der Waals surface area contributed by atoms with E-state index in [0.717, 1.165) is 3.57 Å². The molecule has 1 aromatic rings. The summed E-state index contributed by atoms with van der Waals surface area (Å²) in [6.45, 7) is 2.44. The van der Waals surface area contributed by atoms with Gasteiger partial charge in [0.15, 0.2) is 0 Å². The minimum atomic E-state index is -0.822. The number of carbonyl (C=O) groups is 2. The Morgan fingerprint density at radius 3 is 2.21 bits per heavy atom. The Bertz CT molecular complexity index is 467. The summed E-state index contributed by atoms with van der Waals surface area (Å²) in [5, 5.41) is 8.72. The first kappa shape index (κ1) is 14.3. The molecule has 0 saturated carbocycles. The summed E-state index contributed by atoms with van der Waals surface area (Å²) in [4.78, 5) is 26.5. The molecule has 0 aromatic heterocycles. The van der Waals surface area contributed by atoms with Crippen molar-refractivity contribution in [3.8, 4) is 0 Å². The number of hydrogen-bond acceptors (Lipinski definition) is 3. The van der Waals surface area contributed by atoms with Crippen molar-refractivity contribution in [2.75, 3.05) is 32.7 Å². The van der Waals surface area contributed by atoms with Crippen molar-refractivity contribution in [1.29, 1.82) is 0 Å². The molecule has 1 aliphatic rings. The van der Waals surface area contributed by atoms with Crippen LogP contribution in [0, 0.1) is 3.57 Å². The lowest BCUT2D eigenvalue weighted by atomic mass is 10.2. The highest BCUT2D eigenvalue weighted by molar-refractivity contribution is 14.1. The molecule has 1 fully saturated rings.